The number of anilines is 1. The molecule has 2 heterocycles. The number of aromatic nitrogens is 2. The summed E-state index contributed by atoms with van der Waals surface area (Å²) >= 11 is 0. The topological polar surface area (TPSA) is 72.1 Å². The van der Waals surface area contributed by atoms with Crippen LogP contribution in [0.2, 0.25) is 0 Å². The molecule has 0 spiro atoms. The van der Waals surface area contributed by atoms with Crippen LogP contribution < -0.4 is 10.6 Å². The van der Waals surface area contributed by atoms with Crippen LogP contribution in [0, 0.1) is 18.8 Å². The first-order chi connectivity index (χ1) is 15.3. The summed E-state index contributed by atoms with van der Waals surface area (Å²) < 4.78 is 40.1. The number of aryl methyl sites for hydroxylation is 2. The van der Waals surface area contributed by atoms with Crippen LogP contribution in [0.25, 0.3) is 0 Å². The Morgan fingerprint density at radius 1 is 1.12 bits per heavy atom. The minimum Gasteiger partial charge on any atom is -0.372 e. The van der Waals surface area contributed by atoms with E-state index >= 15 is 0 Å². The number of hydrogen-bond donors (Lipinski definition) is 1. The Kier molecular flexibility index (Phi) is 9.04. The number of rotatable bonds is 3. The van der Waals surface area contributed by atoms with Gasteiger partial charge in [-0.15, -0.1) is 0 Å². The van der Waals surface area contributed by atoms with Crippen LogP contribution in [0.5, 0.6) is 0 Å². The molecule has 1 aliphatic carbocycles. The number of halogens is 3. The summed E-state index contributed by atoms with van der Waals surface area (Å²) in [4.78, 5) is 20.0. The standard InChI is InChI=1S/C21H24F3N3.C2H6.CH3NO/c1-3-17-8-13(2)25-20(26-17)27-11-15-9-14(10-16(15)12-27)18-6-4-5-7-19(18)21(22,23)24;1-2;2-1-3/h4-8,14-16H,3,9-12H2,1-2H3;1-2H3;1H,(H2,2,3)/t14?,15-,16+;;. The van der Waals surface area contributed by atoms with E-state index in [4.69, 9.17) is 4.79 Å². The largest absolute Gasteiger partial charge is 0.416 e. The molecule has 176 valence electrons. The maximum Gasteiger partial charge on any atom is 0.416 e. The van der Waals surface area contributed by atoms with Gasteiger partial charge < -0.3 is 10.6 Å². The Morgan fingerprint density at radius 3 is 2.22 bits per heavy atom. The van der Waals surface area contributed by atoms with Gasteiger partial charge in [0.15, 0.2) is 0 Å². The maximum absolute atomic E-state index is 13.4. The Hall–Kier alpha value is -2.64. The van der Waals surface area contributed by atoms with Gasteiger partial charge in [0.05, 0.1) is 5.56 Å². The summed E-state index contributed by atoms with van der Waals surface area (Å²) in [5.74, 6) is 1.58. The number of hydrogen-bond acceptors (Lipinski definition) is 4. The average molecular weight is 451 g/mol. The fraction of sp³-hybridized carbons (Fsp3) is 0.542. The fourth-order valence-corrected chi connectivity index (χ4v) is 4.77. The monoisotopic (exact) mass is 450 g/mol. The Morgan fingerprint density at radius 2 is 1.69 bits per heavy atom. The molecular formula is C24H33F3N4O. The van der Waals surface area contributed by atoms with Crippen LogP contribution in [0.15, 0.2) is 30.3 Å². The van der Waals surface area contributed by atoms with E-state index in [1.54, 1.807) is 12.1 Å². The van der Waals surface area contributed by atoms with E-state index < -0.39 is 11.7 Å². The number of nitrogens with zero attached hydrogens (tertiary/aromatic N) is 3. The first-order valence-corrected chi connectivity index (χ1v) is 11.2. The van der Waals surface area contributed by atoms with Gasteiger partial charge in [-0.3, -0.25) is 4.79 Å². The predicted molar refractivity (Wildman–Crippen MR) is 120 cm³/mol. The van der Waals surface area contributed by atoms with E-state index in [0.29, 0.717) is 17.4 Å². The molecule has 8 heteroatoms. The molecule has 1 amide bonds. The molecule has 0 radical (unpaired) electrons. The van der Waals surface area contributed by atoms with Crippen molar-refractivity contribution in [2.45, 2.75) is 59.1 Å². The van der Waals surface area contributed by atoms with Gasteiger partial charge in [0.25, 0.3) is 0 Å². The second-order valence-corrected chi connectivity index (χ2v) is 7.97. The first-order valence-electron chi connectivity index (χ1n) is 11.2. The SMILES string of the molecule is CC.CCc1cc(C)nc(N2C[C@H]3CC(c4ccccc4C(F)(F)F)C[C@H]3C2)n1.NC=O. The van der Waals surface area contributed by atoms with Crippen molar-refractivity contribution in [3.63, 3.8) is 0 Å². The highest BCUT2D eigenvalue weighted by atomic mass is 19.4. The van der Waals surface area contributed by atoms with Gasteiger partial charge in [0.2, 0.25) is 12.4 Å². The highest BCUT2D eigenvalue weighted by molar-refractivity contribution is 5.42. The number of carbonyl (C=O) groups is 1. The number of amides is 1. The lowest BCUT2D eigenvalue weighted by molar-refractivity contribution is -0.138. The van der Waals surface area contributed by atoms with E-state index in [-0.39, 0.29) is 12.3 Å². The van der Waals surface area contributed by atoms with Crippen molar-refractivity contribution >= 4 is 12.4 Å². The molecule has 1 saturated carbocycles. The van der Waals surface area contributed by atoms with Crippen LogP contribution in [-0.4, -0.2) is 29.5 Å². The lowest BCUT2D eigenvalue weighted by atomic mass is 9.91. The quantitative estimate of drug-likeness (QED) is 0.659. The second kappa shape index (κ2) is 11.3. The molecule has 1 unspecified atom stereocenters. The average Bonchev–Trinajstić information content (AvgIpc) is 3.34. The van der Waals surface area contributed by atoms with Crippen LogP contribution in [0.4, 0.5) is 19.1 Å². The summed E-state index contributed by atoms with van der Waals surface area (Å²) in [6.07, 6.45) is -1.55. The van der Waals surface area contributed by atoms with Crippen LogP contribution in [-0.2, 0) is 17.4 Å². The van der Waals surface area contributed by atoms with Gasteiger partial charge in [0.1, 0.15) is 0 Å². The molecule has 1 aliphatic heterocycles. The third-order valence-electron chi connectivity index (χ3n) is 6.00. The van der Waals surface area contributed by atoms with E-state index in [9.17, 15) is 13.2 Å². The maximum atomic E-state index is 13.4. The molecule has 4 rings (SSSR count). The fourth-order valence-electron chi connectivity index (χ4n) is 4.77. The van der Waals surface area contributed by atoms with E-state index in [1.165, 1.54) is 12.1 Å². The molecule has 1 aromatic carbocycles. The van der Waals surface area contributed by atoms with Crippen LogP contribution >= 0.6 is 0 Å². The van der Waals surface area contributed by atoms with Crippen molar-refractivity contribution in [1.29, 1.82) is 0 Å². The third kappa shape index (κ3) is 5.99. The van der Waals surface area contributed by atoms with Crippen molar-refractivity contribution in [3.8, 4) is 0 Å². The molecule has 1 aromatic heterocycles. The van der Waals surface area contributed by atoms with Crippen molar-refractivity contribution < 1.29 is 18.0 Å². The first kappa shape index (κ1) is 25.6. The van der Waals surface area contributed by atoms with Crippen molar-refractivity contribution in [1.82, 2.24) is 9.97 Å². The molecule has 0 bridgehead atoms. The number of carbonyl (C=O) groups excluding carboxylic acids is 1. The van der Waals surface area contributed by atoms with Crippen LogP contribution in [0.1, 0.15) is 62.0 Å². The number of nitrogens with two attached hydrogens (primary N) is 1. The zero-order chi connectivity index (χ0) is 23.9. The van der Waals surface area contributed by atoms with Gasteiger partial charge in [-0.1, -0.05) is 39.0 Å². The van der Waals surface area contributed by atoms with E-state index in [0.717, 1.165) is 49.7 Å². The summed E-state index contributed by atoms with van der Waals surface area (Å²) in [5.41, 5.74) is 6.16. The number of fused-ring (bicyclic) bond motifs is 1. The smallest absolute Gasteiger partial charge is 0.372 e. The molecule has 2 aliphatic rings. The van der Waals surface area contributed by atoms with Gasteiger partial charge >= 0.3 is 6.18 Å². The third-order valence-corrected chi connectivity index (χ3v) is 6.00. The van der Waals surface area contributed by atoms with Gasteiger partial charge in [0, 0.05) is 24.5 Å². The minimum absolute atomic E-state index is 0.00962. The molecule has 3 atom stereocenters. The number of benzene rings is 1. The Bertz CT molecular complexity index is 874. The summed E-state index contributed by atoms with van der Waals surface area (Å²) in [7, 11) is 0. The van der Waals surface area contributed by atoms with Gasteiger partial charge in [-0.05, 0) is 61.6 Å². The van der Waals surface area contributed by atoms with Crippen molar-refractivity contribution in [2.75, 3.05) is 18.0 Å². The Labute approximate surface area is 188 Å². The highest BCUT2D eigenvalue weighted by Gasteiger charge is 2.44. The molecule has 5 nitrogen and oxygen atoms in total. The van der Waals surface area contributed by atoms with E-state index in [2.05, 4.69) is 27.5 Å². The number of primary amides is 1. The zero-order valence-corrected chi connectivity index (χ0v) is 19.2. The number of alkyl halides is 3. The second-order valence-electron chi connectivity index (χ2n) is 7.97. The molecule has 32 heavy (non-hydrogen) atoms. The van der Waals surface area contributed by atoms with Gasteiger partial charge in [-0.25, -0.2) is 9.97 Å². The summed E-state index contributed by atoms with van der Waals surface area (Å²) in [6, 6.07) is 8.07. The normalized spacial score (nSPS) is 21.7. The zero-order valence-electron chi connectivity index (χ0n) is 19.2. The summed E-state index contributed by atoms with van der Waals surface area (Å²) in [6.45, 7) is 9.72. The molecule has 1 saturated heterocycles. The van der Waals surface area contributed by atoms with Crippen molar-refractivity contribution in [3.05, 3.63) is 52.8 Å². The van der Waals surface area contributed by atoms with E-state index in [1.807, 2.05) is 26.8 Å². The highest BCUT2D eigenvalue weighted by Crippen LogP contribution is 2.49. The molecule has 2 N–H and O–H groups in total. The lowest BCUT2D eigenvalue weighted by Crippen LogP contribution is -2.24. The molecule has 2 fully saturated rings. The Balaban J connectivity index is 0.000000671. The van der Waals surface area contributed by atoms with Crippen molar-refractivity contribution in [2.24, 2.45) is 17.6 Å². The molecule has 2 aromatic rings. The lowest BCUT2D eigenvalue weighted by Gasteiger charge is -2.22. The predicted octanol–water partition coefficient (Wildman–Crippen LogP) is 5.12. The minimum atomic E-state index is -4.29. The summed E-state index contributed by atoms with van der Waals surface area (Å²) in [5, 5.41) is 0. The van der Waals surface area contributed by atoms with Crippen LogP contribution in [0.3, 0.4) is 0 Å². The van der Waals surface area contributed by atoms with Gasteiger partial charge in [-0.2, -0.15) is 13.2 Å². The molecular weight excluding hydrogens is 417 g/mol.